The number of aromatic nitrogens is 3. The second-order valence-electron chi connectivity index (χ2n) is 11.5. The van der Waals surface area contributed by atoms with Crippen LogP contribution in [0.15, 0.2) is 54.9 Å². The molecule has 4 aromatic rings. The number of carbonyl (C=O) groups excluding carboxylic acids is 2. The molecule has 2 aromatic carbocycles. The summed E-state index contributed by atoms with van der Waals surface area (Å²) in [7, 11) is 2.01. The molecule has 2 amide bonds. The van der Waals surface area contributed by atoms with Gasteiger partial charge in [-0.25, -0.2) is 4.98 Å². The minimum atomic E-state index is -0.552. The second kappa shape index (κ2) is 9.37. The van der Waals surface area contributed by atoms with E-state index in [0.717, 1.165) is 66.0 Å². The molecule has 2 aromatic heterocycles. The Kier molecular flexibility index (Phi) is 5.60. The van der Waals surface area contributed by atoms with E-state index < -0.39 is 12.1 Å². The highest BCUT2D eigenvalue weighted by atomic mass is 16.7. The number of nitrogens with one attached hydrogen (secondary N) is 1. The van der Waals surface area contributed by atoms with Crippen molar-refractivity contribution in [2.24, 2.45) is 7.05 Å². The number of imidazole rings is 1. The minimum Gasteiger partial charge on any atom is -0.454 e. The van der Waals surface area contributed by atoms with Gasteiger partial charge in [0, 0.05) is 61.6 Å². The van der Waals surface area contributed by atoms with Gasteiger partial charge in [-0.05, 0) is 42.2 Å². The zero-order chi connectivity index (χ0) is 27.7. The number of H-pyrrole nitrogens is 1. The van der Waals surface area contributed by atoms with E-state index in [2.05, 4.69) is 27.0 Å². The summed E-state index contributed by atoms with van der Waals surface area (Å²) in [5, 5.41) is 1.10. The lowest BCUT2D eigenvalue weighted by atomic mass is 9.85. The second-order valence-corrected chi connectivity index (χ2v) is 11.5. The van der Waals surface area contributed by atoms with Gasteiger partial charge in [0.2, 0.25) is 18.6 Å². The number of fused-ring (bicyclic) bond motifs is 5. The van der Waals surface area contributed by atoms with Crippen LogP contribution in [0.25, 0.3) is 10.9 Å². The van der Waals surface area contributed by atoms with Crippen LogP contribution in [0, 0.1) is 0 Å². The van der Waals surface area contributed by atoms with Crippen molar-refractivity contribution >= 4 is 22.7 Å². The summed E-state index contributed by atoms with van der Waals surface area (Å²) in [6.07, 6.45) is 5.98. The summed E-state index contributed by atoms with van der Waals surface area (Å²) in [6.45, 7) is 2.82. The van der Waals surface area contributed by atoms with E-state index in [4.69, 9.17) is 9.47 Å². The number of aryl methyl sites for hydroxylation is 1. The van der Waals surface area contributed by atoms with Gasteiger partial charge in [0.05, 0.1) is 12.6 Å². The molecule has 4 aliphatic heterocycles. The summed E-state index contributed by atoms with van der Waals surface area (Å²) in [4.78, 5) is 42.4. The third-order valence-corrected chi connectivity index (χ3v) is 9.29. The van der Waals surface area contributed by atoms with Crippen LogP contribution >= 0.6 is 0 Å². The number of likely N-dealkylation sites (tertiary alicyclic amines) is 1. The largest absolute Gasteiger partial charge is 0.454 e. The highest BCUT2D eigenvalue weighted by Crippen LogP contribution is 2.45. The molecule has 1 N–H and O–H groups in total. The van der Waals surface area contributed by atoms with Crippen molar-refractivity contribution in [3.63, 3.8) is 0 Å². The number of benzene rings is 2. The average molecular weight is 553 g/mol. The first kappa shape index (κ1) is 24.5. The monoisotopic (exact) mass is 552 g/mol. The number of hydrogen-bond donors (Lipinski definition) is 1. The average Bonchev–Trinajstić information content (AvgIpc) is 3.72. The fourth-order valence-electron chi connectivity index (χ4n) is 7.16. The molecule has 8 rings (SSSR count). The van der Waals surface area contributed by atoms with Crippen LogP contribution in [0.2, 0.25) is 0 Å². The van der Waals surface area contributed by atoms with Crippen LogP contribution in [-0.4, -0.2) is 79.6 Å². The molecule has 0 aliphatic carbocycles. The number of amides is 2. The van der Waals surface area contributed by atoms with Crippen LogP contribution < -0.4 is 9.47 Å². The summed E-state index contributed by atoms with van der Waals surface area (Å²) < 4.78 is 13.3. The van der Waals surface area contributed by atoms with Crippen LogP contribution in [0.4, 0.5) is 0 Å². The van der Waals surface area contributed by atoms with Gasteiger partial charge in [0.15, 0.2) is 11.5 Å². The first-order chi connectivity index (χ1) is 20.0. The predicted octanol–water partition coefficient (Wildman–Crippen LogP) is 2.98. The maximum atomic E-state index is 14.3. The number of para-hydroxylation sites is 1. The molecule has 4 aliphatic rings. The predicted molar refractivity (Wildman–Crippen MR) is 150 cm³/mol. The summed E-state index contributed by atoms with van der Waals surface area (Å²) in [5.74, 6) is 2.43. The van der Waals surface area contributed by atoms with E-state index >= 15 is 0 Å². The summed E-state index contributed by atoms with van der Waals surface area (Å²) in [5.41, 5.74) is 4.00. The van der Waals surface area contributed by atoms with E-state index in [1.807, 2.05) is 64.1 Å². The van der Waals surface area contributed by atoms with Gasteiger partial charge in [-0.3, -0.25) is 14.5 Å². The Balaban J connectivity index is 1.11. The minimum absolute atomic E-state index is 0.0167. The van der Waals surface area contributed by atoms with E-state index in [1.165, 1.54) is 0 Å². The van der Waals surface area contributed by atoms with Gasteiger partial charge in [0.25, 0.3) is 0 Å². The molecule has 6 heterocycles. The molecule has 10 heteroatoms. The maximum Gasteiger partial charge on any atom is 0.246 e. The van der Waals surface area contributed by atoms with Gasteiger partial charge >= 0.3 is 0 Å². The molecule has 2 atom stereocenters. The molecule has 0 spiro atoms. The highest BCUT2D eigenvalue weighted by Gasteiger charge is 2.50. The molecule has 2 fully saturated rings. The van der Waals surface area contributed by atoms with Crippen molar-refractivity contribution in [3.8, 4) is 11.5 Å². The van der Waals surface area contributed by atoms with Gasteiger partial charge in [-0.1, -0.05) is 24.3 Å². The standard InChI is InChI=1S/C31H32N6O4/c1-34-13-10-32-27(34)16-35-11-8-20(9-12-35)36-17-28(38)37-24(31(36)39)15-22-21-4-2-3-5-23(21)33-29(22)30(37)19-6-7-25-26(14-19)41-18-40-25/h2-7,10,13-14,20,24,30,33H,8-9,11-12,15-18H2,1H3/t24-,30-/m1/s1. The Bertz CT molecular complexity index is 1670. The topological polar surface area (TPSA) is 95.9 Å². The van der Waals surface area contributed by atoms with E-state index in [9.17, 15) is 9.59 Å². The van der Waals surface area contributed by atoms with E-state index in [-0.39, 0.29) is 31.2 Å². The third-order valence-electron chi connectivity index (χ3n) is 9.29. The summed E-state index contributed by atoms with van der Waals surface area (Å²) >= 11 is 0. The van der Waals surface area contributed by atoms with Crippen molar-refractivity contribution in [3.05, 3.63) is 77.5 Å². The smallest absolute Gasteiger partial charge is 0.246 e. The first-order valence-corrected chi connectivity index (χ1v) is 14.3. The van der Waals surface area contributed by atoms with Crippen molar-refractivity contribution in [1.82, 2.24) is 29.2 Å². The molecule has 0 unspecified atom stereocenters. The van der Waals surface area contributed by atoms with Crippen molar-refractivity contribution < 1.29 is 19.1 Å². The summed E-state index contributed by atoms with van der Waals surface area (Å²) in [6, 6.07) is 13.1. The van der Waals surface area contributed by atoms with E-state index in [1.54, 1.807) is 0 Å². The zero-order valence-corrected chi connectivity index (χ0v) is 23.0. The van der Waals surface area contributed by atoms with Gasteiger partial charge < -0.3 is 28.8 Å². The molecular formula is C31H32N6O4. The number of carbonyl (C=O) groups is 2. The molecule has 210 valence electrons. The molecule has 0 saturated carbocycles. The molecule has 10 nitrogen and oxygen atoms in total. The number of nitrogens with zero attached hydrogens (tertiary/aromatic N) is 5. The Hall–Kier alpha value is -4.31. The third kappa shape index (κ3) is 3.92. The highest BCUT2D eigenvalue weighted by molar-refractivity contribution is 5.98. The first-order valence-electron chi connectivity index (χ1n) is 14.3. The number of rotatable bonds is 4. The quantitative estimate of drug-likeness (QED) is 0.418. The lowest BCUT2D eigenvalue weighted by Gasteiger charge is -2.49. The molecule has 0 radical (unpaired) electrons. The molecule has 41 heavy (non-hydrogen) atoms. The van der Waals surface area contributed by atoms with Crippen LogP contribution in [-0.2, 0) is 29.6 Å². The van der Waals surface area contributed by atoms with Crippen LogP contribution in [0.3, 0.4) is 0 Å². The Labute approximate surface area is 237 Å². The van der Waals surface area contributed by atoms with Crippen molar-refractivity contribution in [2.45, 2.75) is 43.9 Å². The van der Waals surface area contributed by atoms with Gasteiger partial charge in [0.1, 0.15) is 18.4 Å². The molecule has 2 saturated heterocycles. The molecular weight excluding hydrogens is 520 g/mol. The lowest BCUT2D eigenvalue weighted by molar-refractivity contribution is -0.161. The Morgan fingerprint density at radius 1 is 1.05 bits per heavy atom. The molecule has 0 bridgehead atoms. The lowest BCUT2D eigenvalue weighted by Crippen LogP contribution is -2.65. The Morgan fingerprint density at radius 2 is 1.88 bits per heavy atom. The normalized spacial score (nSPS) is 22.9. The van der Waals surface area contributed by atoms with Crippen LogP contribution in [0.5, 0.6) is 11.5 Å². The van der Waals surface area contributed by atoms with E-state index in [0.29, 0.717) is 17.9 Å². The Morgan fingerprint density at radius 3 is 2.71 bits per heavy atom. The number of ether oxygens (including phenoxy) is 2. The van der Waals surface area contributed by atoms with Crippen molar-refractivity contribution in [1.29, 1.82) is 0 Å². The number of piperidine rings is 1. The van der Waals surface area contributed by atoms with Gasteiger partial charge in [-0.2, -0.15) is 0 Å². The van der Waals surface area contributed by atoms with Crippen LogP contribution in [0.1, 0.15) is 41.5 Å². The number of hydrogen-bond acceptors (Lipinski definition) is 6. The van der Waals surface area contributed by atoms with Crippen molar-refractivity contribution in [2.75, 3.05) is 26.4 Å². The number of aromatic amines is 1. The fourth-order valence-corrected chi connectivity index (χ4v) is 7.16. The number of piperazine rings is 1. The van der Waals surface area contributed by atoms with Gasteiger partial charge in [-0.15, -0.1) is 0 Å². The fraction of sp³-hybridized carbons (Fsp3) is 0.387. The maximum absolute atomic E-state index is 14.3. The zero-order valence-electron chi connectivity index (χ0n) is 23.0. The SMILES string of the molecule is Cn1ccnc1CN1CCC(N2CC(=O)N3[C@H](c4ccc5c(c4)OCO5)c4[nH]c5ccccc5c4C[C@@H]3C2=O)CC1.